The van der Waals surface area contributed by atoms with E-state index in [4.69, 9.17) is 16.3 Å². The van der Waals surface area contributed by atoms with Crippen LogP contribution < -0.4 is 16.2 Å². The number of thiazole rings is 1. The number of ether oxygens (including phenoxy) is 1. The van der Waals surface area contributed by atoms with Gasteiger partial charge in [-0.3, -0.25) is 25.2 Å². The van der Waals surface area contributed by atoms with Gasteiger partial charge in [-0.15, -0.1) is 11.3 Å². The molecule has 2 aromatic carbocycles. The van der Waals surface area contributed by atoms with E-state index >= 15 is 0 Å². The summed E-state index contributed by atoms with van der Waals surface area (Å²) in [5.41, 5.74) is 4.57. The number of benzene rings is 2. The Balaban J connectivity index is 1.48. The molecule has 228 valence electrons. The van der Waals surface area contributed by atoms with E-state index in [0.29, 0.717) is 6.54 Å². The fourth-order valence-corrected chi connectivity index (χ4v) is 6.02. The van der Waals surface area contributed by atoms with Crippen LogP contribution >= 0.6 is 22.9 Å². The number of aryl methyl sites for hydroxylation is 1. The topological polar surface area (TPSA) is 130 Å². The predicted molar refractivity (Wildman–Crippen MR) is 165 cm³/mol. The van der Waals surface area contributed by atoms with Crippen LogP contribution in [0.15, 0.2) is 53.9 Å². The normalized spacial score (nSPS) is 16.2. The van der Waals surface area contributed by atoms with Gasteiger partial charge in [0.05, 0.1) is 6.04 Å². The van der Waals surface area contributed by atoms with Gasteiger partial charge in [0.1, 0.15) is 16.1 Å². The van der Waals surface area contributed by atoms with Gasteiger partial charge in [-0.05, 0) is 71.2 Å². The van der Waals surface area contributed by atoms with Crippen LogP contribution in [0.25, 0.3) is 0 Å². The van der Waals surface area contributed by atoms with Crippen LogP contribution in [0.3, 0.4) is 0 Å². The SMILES string of the molecule is Cc1csc(C2CCCN2C(=O)c2cc(Cl)cc(C(=O)NNC(=O)C(C)(Cc3ccccc3)NC(=O)OC(C)(C)C)c2)n1. The third kappa shape index (κ3) is 8.32. The van der Waals surface area contributed by atoms with Crippen molar-refractivity contribution in [2.45, 2.75) is 71.1 Å². The maximum absolute atomic E-state index is 13.5. The molecule has 1 aliphatic heterocycles. The first-order valence-corrected chi connectivity index (χ1v) is 15.2. The Kier molecular flexibility index (Phi) is 9.76. The molecule has 0 radical (unpaired) electrons. The molecule has 3 aromatic rings. The zero-order valence-corrected chi connectivity index (χ0v) is 26.4. The van der Waals surface area contributed by atoms with Crippen LogP contribution in [-0.4, -0.2) is 51.4 Å². The number of hydrazine groups is 1. The fourth-order valence-electron chi connectivity index (χ4n) is 4.84. The number of amides is 4. The van der Waals surface area contributed by atoms with Crippen molar-refractivity contribution in [1.29, 1.82) is 0 Å². The molecule has 2 heterocycles. The number of carbonyl (C=O) groups excluding carboxylic acids is 4. The second kappa shape index (κ2) is 13.1. The number of hydrogen-bond acceptors (Lipinski definition) is 7. The standard InChI is InChI=1S/C31H36ClN5O5S/c1-19-18-43-26(33-19)24-12-9-13-37(24)27(39)22-14-21(15-23(32)16-22)25(38)35-36-28(40)31(5,17-20-10-7-6-8-11-20)34-29(41)42-30(2,3)4/h6-8,10-11,14-16,18,24H,9,12-13,17H2,1-5H3,(H,34,41)(H,35,38)(H,36,40). The molecule has 2 atom stereocenters. The van der Waals surface area contributed by atoms with Crippen LogP contribution in [0.4, 0.5) is 4.79 Å². The zero-order valence-electron chi connectivity index (χ0n) is 24.8. The maximum atomic E-state index is 13.5. The average molecular weight is 626 g/mol. The molecule has 3 N–H and O–H groups in total. The molecule has 1 fully saturated rings. The first kappa shape index (κ1) is 32.0. The summed E-state index contributed by atoms with van der Waals surface area (Å²) < 4.78 is 5.37. The minimum atomic E-state index is -1.48. The third-order valence-corrected chi connectivity index (χ3v) is 8.09. The molecule has 1 saturated heterocycles. The summed E-state index contributed by atoms with van der Waals surface area (Å²) in [6.07, 6.45) is 0.991. The second-order valence-electron chi connectivity index (χ2n) is 11.7. The summed E-state index contributed by atoms with van der Waals surface area (Å²) in [7, 11) is 0. The van der Waals surface area contributed by atoms with Gasteiger partial charge in [-0.1, -0.05) is 41.9 Å². The van der Waals surface area contributed by atoms with Crippen LogP contribution in [0, 0.1) is 6.92 Å². The number of halogens is 1. The number of likely N-dealkylation sites (tertiary alicyclic amines) is 1. The van der Waals surface area contributed by atoms with Gasteiger partial charge < -0.3 is 15.0 Å². The lowest BCUT2D eigenvalue weighted by Crippen LogP contribution is -2.61. The highest BCUT2D eigenvalue weighted by molar-refractivity contribution is 7.09. The summed E-state index contributed by atoms with van der Waals surface area (Å²) >= 11 is 7.85. The van der Waals surface area contributed by atoms with Crippen molar-refractivity contribution in [3.8, 4) is 0 Å². The van der Waals surface area contributed by atoms with Crippen molar-refractivity contribution in [2.75, 3.05) is 6.54 Å². The third-order valence-electron chi connectivity index (χ3n) is 6.81. The van der Waals surface area contributed by atoms with Crippen LogP contribution in [0.5, 0.6) is 0 Å². The Morgan fingerprint density at radius 3 is 2.40 bits per heavy atom. The number of aromatic nitrogens is 1. The monoisotopic (exact) mass is 625 g/mol. The molecule has 4 rings (SSSR count). The summed E-state index contributed by atoms with van der Waals surface area (Å²) in [6, 6.07) is 13.4. The van der Waals surface area contributed by atoms with E-state index in [0.717, 1.165) is 29.1 Å². The molecule has 4 amide bonds. The van der Waals surface area contributed by atoms with E-state index < -0.39 is 29.0 Å². The Labute approximate surface area is 260 Å². The quantitative estimate of drug-likeness (QED) is 0.303. The van der Waals surface area contributed by atoms with Crippen molar-refractivity contribution in [1.82, 2.24) is 26.1 Å². The van der Waals surface area contributed by atoms with Gasteiger partial charge in [0, 0.05) is 40.2 Å². The molecule has 2 unspecified atom stereocenters. The Morgan fingerprint density at radius 2 is 1.74 bits per heavy atom. The highest BCUT2D eigenvalue weighted by atomic mass is 35.5. The highest BCUT2D eigenvalue weighted by Crippen LogP contribution is 2.35. The molecule has 0 spiro atoms. The number of alkyl carbamates (subject to hydrolysis) is 1. The summed E-state index contributed by atoms with van der Waals surface area (Å²) in [5.74, 6) is -1.61. The first-order chi connectivity index (χ1) is 20.2. The van der Waals surface area contributed by atoms with Crippen molar-refractivity contribution in [3.63, 3.8) is 0 Å². The molecule has 1 aromatic heterocycles. The second-order valence-corrected chi connectivity index (χ2v) is 13.1. The van der Waals surface area contributed by atoms with E-state index in [2.05, 4.69) is 21.2 Å². The van der Waals surface area contributed by atoms with Crippen LogP contribution in [0.1, 0.15) is 83.6 Å². The summed E-state index contributed by atoms with van der Waals surface area (Å²) in [5, 5.41) is 5.68. The lowest BCUT2D eigenvalue weighted by atomic mass is 9.92. The minimum absolute atomic E-state index is 0.0850. The van der Waals surface area contributed by atoms with Crippen molar-refractivity contribution < 1.29 is 23.9 Å². The van der Waals surface area contributed by atoms with Crippen molar-refractivity contribution in [3.05, 3.63) is 86.3 Å². The van der Waals surface area contributed by atoms with Crippen LogP contribution in [0.2, 0.25) is 5.02 Å². The molecule has 12 heteroatoms. The summed E-state index contributed by atoms with van der Waals surface area (Å²) in [6.45, 7) is 9.17. The smallest absolute Gasteiger partial charge is 0.408 e. The number of nitrogens with one attached hydrogen (secondary N) is 3. The fraction of sp³-hybridized carbons (Fsp3) is 0.387. The van der Waals surface area contributed by atoms with Gasteiger partial charge in [0.15, 0.2) is 0 Å². The lowest BCUT2D eigenvalue weighted by Gasteiger charge is -2.31. The van der Waals surface area contributed by atoms with E-state index in [-0.39, 0.29) is 34.5 Å². The zero-order chi connectivity index (χ0) is 31.4. The van der Waals surface area contributed by atoms with Crippen LogP contribution in [-0.2, 0) is 16.0 Å². The lowest BCUT2D eigenvalue weighted by molar-refractivity contribution is -0.127. The molecule has 10 nitrogen and oxygen atoms in total. The Bertz CT molecular complexity index is 1510. The molecule has 0 saturated carbocycles. The van der Waals surface area contributed by atoms with Crippen molar-refractivity contribution in [2.24, 2.45) is 0 Å². The highest BCUT2D eigenvalue weighted by Gasteiger charge is 2.37. The largest absolute Gasteiger partial charge is 0.444 e. The maximum Gasteiger partial charge on any atom is 0.408 e. The van der Waals surface area contributed by atoms with Gasteiger partial charge in [-0.25, -0.2) is 9.78 Å². The minimum Gasteiger partial charge on any atom is -0.444 e. The first-order valence-electron chi connectivity index (χ1n) is 13.9. The van der Waals surface area contributed by atoms with E-state index in [9.17, 15) is 19.2 Å². The molecule has 43 heavy (non-hydrogen) atoms. The van der Waals surface area contributed by atoms with Gasteiger partial charge in [0.25, 0.3) is 17.7 Å². The van der Waals surface area contributed by atoms with Gasteiger partial charge in [0.2, 0.25) is 0 Å². The number of hydrogen-bond donors (Lipinski definition) is 3. The van der Waals surface area contributed by atoms with E-state index in [1.54, 1.807) is 25.7 Å². The molecule has 0 bridgehead atoms. The van der Waals surface area contributed by atoms with Gasteiger partial charge >= 0.3 is 6.09 Å². The molecular formula is C31H36ClN5O5S. The number of rotatable bonds is 7. The Morgan fingerprint density at radius 1 is 1.05 bits per heavy atom. The van der Waals surface area contributed by atoms with E-state index in [1.165, 1.54) is 36.5 Å². The molecule has 0 aliphatic carbocycles. The summed E-state index contributed by atoms with van der Waals surface area (Å²) in [4.78, 5) is 59.0. The molecule has 1 aliphatic rings. The number of nitrogens with zero attached hydrogens (tertiary/aromatic N) is 2. The Hall–Kier alpha value is -3.96. The van der Waals surface area contributed by atoms with Crippen molar-refractivity contribution >= 4 is 46.8 Å². The predicted octanol–water partition coefficient (Wildman–Crippen LogP) is 5.37. The molecular weight excluding hydrogens is 590 g/mol. The number of carbonyl (C=O) groups is 4. The van der Waals surface area contributed by atoms with Gasteiger partial charge in [-0.2, -0.15) is 0 Å². The average Bonchev–Trinajstić information content (AvgIpc) is 3.59. The van der Waals surface area contributed by atoms with E-state index in [1.807, 2.05) is 42.6 Å².